The van der Waals surface area contributed by atoms with Crippen LogP contribution < -0.4 is 4.74 Å². The highest BCUT2D eigenvalue weighted by Gasteiger charge is 2.63. The first kappa shape index (κ1) is 20.3. The van der Waals surface area contributed by atoms with Gasteiger partial charge in [-0.1, -0.05) is 0 Å². The summed E-state index contributed by atoms with van der Waals surface area (Å²) in [6.45, 7) is 2.40. The van der Waals surface area contributed by atoms with Crippen LogP contribution in [-0.4, -0.2) is 41.5 Å². The third kappa shape index (κ3) is 2.83. The molecule has 4 rings (SSSR count). The van der Waals surface area contributed by atoms with Crippen molar-refractivity contribution in [3.8, 4) is 11.5 Å². The molecule has 0 saturated carbocycles. The smallest absolute Gasteiger partial charge is 0.335 e. The summed E-state index contributed by atoms with van der Waals surface area (Å²) in [4.78, 5) is 74.4. The average Bonchev–Trinajstić information content (AvgIpc) is 3.13. The summed E-state index contributed by atoms with van der Waals surface area (Å²) in [5.41, 5.74) is -2.16. The minimum absolute atomic E-state index is 0.0738. The van der Waals surface area contributed by atoms with E-state index in [1.165, 1.54) is 43.3 Å². The van der Waals surface area contributed by atoms with Gasteiger partial charge in [-0.3, -0.25) is 24.0 Å². The maximum absolute atomic E-state index is 13.0. The lowest BCUT2D eigenvalue weighted by atomic mass is 9.79. The Labute approximate surface area is 176 Å². The van der Waals surface area contributed by atoms with Gasteiger partial charge in [-0.15, -0.1) is 0 Å². The Morgan fingerprint density at radius 2 is 1.39 bits per heavy atom. The normalized spacial score (nSPS) is 19.3. The van der Waals surface area contributed by atoms with Crippen LogP contribution in [-0.2, 0) is 14.3 Å². The summed E-state index contributed by atoms with van der Waals surface area (Å²) in [6, 6.07) is 8.40. The molecule has 0 spiro atoms. The molecule has 0 amide bonds. The number of carbonyl (C=O) groups is 6. The van der Waals surface area contributed by atoms with Gasteiger partial charge in [-0.05, 0) is 50.2 Å². The standard InChI is InChI=1S/C23H16O8/c1-3-30-22(29)23(11(2)24)20(27)15-7-5-13(9-17(15)21(23)28)31-12-4-6-14-16(8-12)19(26)10-18(14)25/h4-9H,3,10H2,1-2H3. The fraction of sp³-hybridized carbons (Fsp3) is 0.217. The molecule has 2 aromatic rings. The number of rotatable bonds is 5. The highest BCUT2D eigenvalue weighted by Crippen LogP contribution is 2.41. The molecule has 1 unspecified atom stereocenters. The highest BCUT2D eigenvalue weighted by molar-refractivity contribution is 6.48. The lowest BCUT2D eigenvalue weighted by Crippen LogP contribution is -2.48. The quantitative estimate of drug-likeness (QED) is 0.535. The molecule has 8 heteroatoms. The van der Waals surface area contributed by atoms with Gasteiger partial charge in [0, 0.05) is 22.3 Å². The summed E-state index contributed by atoms with van der Waals surface area (Å²) >= 11 is 0. The van der Waals surface area contributed by atoms with Crippen molar-refractivity contribution in [3.63, 3.8) is 0 Å². The maximum atomic E-state index is 13.0. The number of carbonyl (C=O) groups excluding carboxylic acids is 6. The summed E-state index contributed by atoms with van der Waals surface area (Å²) in [5, 5.41) is 0. The van der Waals surface area contributed by atoms with Crippen molar-refractivity contribution in [2.45, 2.75) is 20.3 Å². The lowest BCUT2D eigenvalue weighted by Gasteiger charge is -2.19. The maximum Gasteiger partial charge on any atom is 0.335 e. The van der Waals surface area contributed by atoms with Gasteiger partial charge in [0.25, 0.3) is 5.41 Å². The van der Waals surface area contributed by atoms with Gasteiger partial charge in [0.15, 0.2) is 28.9 Å². The molecule has 2 aromatic carbocycles. The first-order chi connectivity index (χ1) is 14.7. The van der Waals surface area contributed by atoms with E-state index in [0.29, 0.717) is 5.56 Å². The molecule has 0 heterocycles. The molecule has 2 aliphatic rings. The Kier molecular flexibility index (Phi) is 4.65. The van der Waals surface area contributed by atoms with E-state index in [2.05, 4.69) is 0 Å². The number of Topliss-reactive ketones (excluding diaryl/α,β-unsaturated/α-hetero) is 5. The van der Waals surface area contributed by atoms with Gasteiger partial charge in [-0.2, -0.15) is 0 Å². The van der Waals surface area contributed by atoms with Crippen molar-refractivity contribution in [1.82, 2.24) is 0 Å². The zero-order valence-corrected chi connectivity index (χ0v) is 16.6. The predicted octanol–water partition coefficient (Wildman–Crippen LogP) is 2.77. The van der Waals surface area contributed by atoms with Crippen LogP contribution in [0.3, 0.4) is 0 Å². The molecule has 0 saturated heterocycles. The van der Waals surface area contributed by atoms with E-state index in [1.807, 2.05) is 0 Å². The third-order valence-electron chi connectivity index (χ3n) is 5.42. The molecule has 0 aliphatic heterocycles. The van der Waals surface area contributed by atoms with Crippen molar-refractivity contribution in [2.24, 2.45) is 5.41 Å². The monoisotopic (exact) mass is 420 g/mol. The number of fused-ring (bicyclic) bond motifs is 2. The zero-order chi connectivity index (χ0) is 22.5. The summed E-state index contributed by atoms with van der Waals surface area (Å²) in [6.07, 6.45) is -0.185. The van der Waals surface area contributed by atoms with Crippen LogP contribution in [0.4, 0.5) is 0 Å². The molecule has 2 aliphatic carbocycles. The molecular formula is C23H16O8. The van der Waals surface area contributed by atoms with Crippen LogP contribution in [0.2, 0.25) is 0 Å². The topological polar surface area (TPSA) is 121 Å². The third-order valence-corrected chi connectivity index (χ3v) is 5.42. The molecular weight excluding hydrogens is 404 g/mol. The lowest BCUT2D eigenvalue weighted by molar-refractivity contribution is -0.152. The SMILES string of the molecule is CCOC(=O)C1(C(C)=O)C(=O)c2ccc(Oc3ccc4c(c3)C(=O)CC4=O)cc2C1=O. The molecule has 1 atom stereocenters. The number of ketones is 5. The predicted molar refractivity (Wildman–Crippen MR) is 105 cm³/mol. The average molecular weight is 420 g/mol. The molecule has 0 bridgehead atoms. The summed E-state index contributed by atoms with van der Waals surface area (Å²) < 4.78 is 10.6. The second-order valence-corrected chi connectivity index (χ2v) is 7.22. The first-order valence-electron chi connectivity index (χ1n) is 9.52. The number of hydrogen-bond donors (Lipinski definition) is 0. The fourth-order valence-electron chi connectivity index (χ4n) is 3.90. The highest BCUT2D eigenvalue weighted by atomic mass is 16.5. The number of hydrogen-bond acceptors (Lipinski definition) is 8. The molecule has 156 valence electrons. The Morgan fingerprint density at radius 1 is 0.839 bits per heavy atom. The van der Waals surface area contributed by atoms with Crippen molar-refractivity contribution in [2.75, 3.05) is 6.61 Å². The largest absolute Gasteiger partial charge is 0.465 e. The first-order valence-corrected chi connectivity index (χ1v) is 9.52. The van der Waals surface area contributed by atoms with Crippen molar-refractivity contribution in [1.29, 1.82) is 0 Å². The minimum atomic E-state index is -2.54. The van der Waals surface area contributed by atoms with Crippen LogP contribution in [0.25, 0.3) is 0 Å². The van der Waals surface area contributed by atoms with Crippen molar-refractivity contribution < 1.29 is 38.2 Å². The molecule has 0 N–H and O–H groups in total. The van der Waals surface area contributed by atoms with Gasteiger partial charge < -0.3 is 9.47 Å². The van der Waals surface area contributed by atoms with Gasteiger partial charge in [0.05, 0.1) is 13.0 Å². The van der Waals surface area contributed by atoms with E-state index in [0.717, 1.165) is 6.92 Å². The van der Waals surface area contributed by atoms with Crippen LogP contribution in [0.15, 0.2) is 36.4 Å². The van der Waals surface area contributed by atoms with E-state index in [-0.39, 0.29) is 52.8 Å². The molecule has 0 aromatic heterocycles. The molecule has 0 fully saturated rings. The second kappa shape index (κ2) is 7.09. The minimum Gasteiger partial charge on any atom is -0.465 e. The number of benzene rings is 2. The zero-order valence-electron chi connectivity index (χ0n) is 16.6. The Morgan fingerprint density at radius 3 is 2.00 bits per heavy atom. The Balaban J connectivity index is 1.70. The van der Waals surface area contributed by atoms with E-state index in [1.54, 1.807) is 0 Å². The second-order valence-electron chi connectivity index (χ2n) is 7.22. The van der Waals surface area contributed by atoms with Crippen LogP contribution in [0.5, 0.6) is 11.5 Å². The number of esters is 1. The van der Waals surface area contributed by atoms with Crippen LogP contribution in [0, 0.1) is 5.41 Å². The Hall–Kier alpha value is -3.94. The van der Waals surface area contributed by atoms with E-state index < -0.39 is 28.7 Å². The molecule has 31 heavy (non-hydrogen) atoms. The summed E-state index contributed by atoms with van der Waals surface area (Å²) in [5.74, 6) is -4.15. The Bertz CT molecular complexity index is 1220. The van der Waals surface area contributed by atoms with Gasteiger partial charge in [0.2, 0.25) is 0 Å². The van der Waals surface area contributed by atoms with Gasteiger partial charge in [-0.25, -0.2) is 4.79 Å². The molecule has 8 nitrogen and oxygen atoms in total. The van der Waals surface area contributed by atoms with Crippen molar-refractivity contribution >= 4 is 34.9 Å². The molecule has 0 radical (unpaired) electrons. The van der Waals surface area contributed by atoms with E-state index >= 15 is 0 Å². The van der Waals surface area contributed by atoms with Crippen LogP contribution >= 0.6 is 0 Å². The van der Waals surface area contributed by atoms with E-state index in [4.69, 9.17) is 9.47 Å². The fourth-order valence-corrected chi connectivity index (χ4v) is 3.90. The van der Waals surface area contributed by atoms with Crippen LogP contribution in [0.1, 0.15) is 61.7 Å². The van der Waals surface area contributed by atoms with Crippen molar-refractivity contribution in [3.05, 3.63) is 58.7 Å². The number of ether oxygens (including phenoxy) is 2. The van der Waals surface area contributed by atoms with Gasteiger partial charge >= 0.3 is 5.97 Å². The summed E-state index contributed by atoms with van der Waals surface area (Å²) in [7, 11) is 0. The van der Waals surface area contributed by atoms with Gasteiger partial charge in [0.1, 0.15) is 11.5 Å². The van der Waals surface area contributed by atoms with E-state index in [9.17, 15) is 28.8 Å².